The van der Waals surface area contributed by atoms with E-state index in [0.29, 0.717) is 24.0 Å². The molecule has 2 aromatic carbocycles. The maximum atomic E-state index is 6.00. The Balaban J connectivity index is 1.64. The van der Waals surface area contributed by atoms with E-state index in [0.717, 1.165) is 54.8 Å². The largest absolute Gasteiger partial charge is 0.493 e. The Morgan fingerprint density at radius 1 is 0.848 bits per heavy atom. The van der Waals surface area contributed by atoms with Crippen LogP contribution in [0.2, 0.25) is 0 Å². The second-order valence-electron chi connectivity index (χ2n) is 8.56. The number of ether oxygens (including phenoxy) is 3. The minimum absolute atomic E-state index is 0.540. The number of fused-ring (bicyclic) bond motifs is 1. The van der Waals surface area contributed by atoms with Crippen molar-refractivity contribution in [3.8, 4) is 23.1 Å². The van der Waals surface area contributed by atoms with Crippen LogP contribution in [-0.2, 0) is 0 Å². The molecule has 0 aliphatic heterocycles. The summed E-state index contributed by atoms with van der Waals surface area (Å²) in [5.74, 6) is 2.68. The number of aromatic nitrogens is 1. The molecule has 3 rings (SSSR count). The van der Waals surface area contributed by atoms with Gasteiger partial charge in [0, 0.05) is 36.3 Å². The van der Waals surface area contributed by atoms with Gasteiger partial charge in [0.05, 0.1) is 19.2 Å². The average Bonchev–Trinajstić information content (AvgIpc) is 2.79. The fourth-order valence-electron chi connectivity index (χ4n) is 3.39. The molecule has 1 heterocycles. The number of hydrogen-bond acceptors (Lipinski definition) is 7. The van der Waals surface area contributed by atoms with Crippen molar-refractivity contribution in [2.75, 3.05) is 66.9 Å². The number of nitrogens with one attached hydrogen (secondary N) is 1. The number of benzene rings is 2. The molecule has 0 radical (unpaired) electrons. The first-order valence-electron chi connectivity index (χ1n) is 11.4. The van der Waals surface area contributed by atoms with Gasteiger partial charge in [-0.05, 0) is 84.0 Å². The summed E-state index contributed by atoms with van der Waals surface area (Å²) < 4.78 is 17.5. The predicted octanol–water partition coefficient (Wildman–Crippen LogP) is 4.73. The number of pyridine rings is 1. The van der Waals surface area contributed by atoms with Crippen LogP contribution in [0.25, 0.3) is 10.9 Å². The van der Waals surface area contributed by atoms with Crippen molar-refractivity contribution >= 4 is 16.6 Å². The zero-order valence-electron chi connectivity index (χ0n) is 20.4. The van der Waals surface area contributed by atoms with Crippen molar-refractivity contribution < 1.29 is 14.2 Å². The van der Waals surface area contributed by atoms with E-state index in [4.69, 9.17) is 14.2 Å². The van der Waals surface area contributed by atoms with E-state index in [2.05, 4.69) is 48.3 Å². The first-order chi connectivity index (χ1) is 15.9. The molecule has 0 unspecified atom stereocenters. The van der Waals surface area contributed by atoms with Crippen molar-refractivity contribution in [2.45, 2.75) is 12.8 Å². The Hall–Kier alpha value is -3.03. The van der Waals surface area contributed by atoms with E-state index < -0.39 is 0 Å². The highest BCUT2D eigenvalue weighted by atomic mass is 16.5. The van der Waals surface area contributed by atoms with Crippen molar-refractivity contribution in [3.05, 3.63) is 48.5 Å². The van der Waals surface area contributed by atoms with Gasteiger partial charge in [-0.1, -0.05) is 0 Å². The van der Waals surface area contributed by atoms with Crippen LogP contribution in [0, 0.1) is 0 Å². The van der Waals surface area contributed by atoms with Gasteiger partial charge in [-0.15, -0.1) is 0 Å². The van der Waals surface area contributed by atoms with E-state index >= 15 is 0 Å². The lowest BCUT2D eigenvalue weighted by Gasteiger charge is -2.14. The Bertz CT molecular complexity index is 1010. The monoisotopic (exact) mass is 452 g/mol. The van der Waals surface area contributed by atoms with Crippen LogP contribution < -0.4 is 19.5 Å². The quantitative estimate of drug-likeness (QED) is 0.376. The van der Waals surface area contributed by atoms with Crippen LogP contribution in [0.15, 0.2) is 48.5 Å². The van der Waals surface area contributed by atoms with Gasteiger partial charge in [0.1, 0.15) is 5.75 Å². The SMILES string of the molecule is COc1cc2ccc(Oc3ccc(NCCCN(C)C)cc3)nc2cc1OCCCN(C)C. The molecule has 0 bridgehead atoms. The third-order valence-corrected chi connectivity index (χ3v) is 5.14. The molecule has 0 atom stereocenters. The number of methoxy groups -OCH3 is 1. The maximum Gasteiger partial charge on any atom is 0.219 e. The fourth-order valence-corrected chi connectivity index (χ4v) is 3.39. The van der Waals surface area contributed by atoms with Crippen molar-refractivity contribution in [1.82, 2.24) is 14.8 Å². The lowest BCUT2D eigenvalue weighted by Crippen LogP contribution is -2.16. The van der Waals surface area contributed by atoms with Gasteiger partial charge < -0.3 is 29.3 Å². The van der Waals surface area contributed by atoms with Crippen LogP contribution in [0.3, 0.4) is 0 Å². The maximum absolute atomic E-state index is 6.00. The Kier molecular flexibility index (Phi) is 9.15. The summed E-state index contributed by atoms with van der Waals surface area (Å²) in [5, 5.41) is 4.40. The van der Waals surface area contributed by atoms with Gasteiger partial charge in [0.2, 0.25) is 5.88 Å². The number of rotatable bonds is 13. The molecule has 0 amide bonds. The van der Waals surface area contributed by atoms with Crippen LogP contribution in [0.5, 0.6) is 23.1 Å². The summed E-state index contributed by atoms with van der Waals surface area (Å²) in [5.41, 5.74) is 1.88. The first-order valence-corrected chi connectivity index (χ1v) is 11.4. The van der Waals surface area contributed by atoms with Gasteiger partial charge in [0.15, 0.2) is 11.5 Å². The van der Waals surface area contributed by atoms with Crippen molar-refractivity contribution in [3.63, 3.8) is 0 Å². The summed E-state index contributed by atoms with van der Waals surface area (Å²) in [6.45, 7) is 3.59. The molecule has 0 spiro atoms. The Morgan fingerprint density at radius 3 is 2.27 bits per heavy atom. The molecule has 3 aromatic rings. The molecule has 1 N–H and O–H groups in total. The minimum Gasteiger partial charge on any atom is -0.493 e. The highest BCUT2D eigenvalue weighted by molar-refractivity contribution is 5.83. The summed E-state index contributed by atoms with van der Waals surface area (Å²) in [7, 11) is 9.93. The number of anilines is 1. The van der Waals surface area contributed by atoms with Gasteiger partial charge >= 0.3 is 0 Å². The molecular formula is C26H36N4O3. The average molecular weight is 453 g/mol. The summed E-state index contributed by atoms with van der Waals surface area (Å²) in [4.78, 5) is 9.00. The van der Waals surface area contributed by atoms with Gasteiger partial charge in [-0.3, -0.25) is 0 Å². The van der Waals surface area contributed by atoms with Crippen LogP contribution >= 0.6 is 0 Å². The Morgan fingerprint density at radius 2 is 1.58 bits per heavy atom. The molecule has 0 aliphatic rings. The second-order valence-corrected chi connectivity index (χ2v) is 8.56. The minimum atomic E-state index is 0.540. The van der Waals surface area contributed by atoms with Crippen LogP contribution in [-0.4, -0.2) is 76.3 Å². The normalized spacial score (nSPS) is 11.2. The summed E-state index contributed by atoms with van der Waals surface area (Å²) in [6, 6.07) is 15.7. The van der Waals surface area contributed by atoms with Crippen molar-refractivity contribution in [2.24, 2.45) is 0 Å². The van der Waals surface area contributed by atoms with Gasteiger partial charge in [-0.25, -0.2) is 4.98 Å². The van der Waals surface area contributed by atoms with E-state index in [-0.39, 0.29) is 0 Å². The van der Waals surface area contributed by atoms with E-state index in [1.807, 2.05) is 48.5 Å². The van der Waals surface area contributed by atoms with Gasteiger partial charge in [-0.2, -0.15) is 0 Å². The molecule has 7 nitrogen and oxygen atoms in total. The third kappa shape index (κ3) is 7.80. The predicted molar refractivity (Wildman–Crippen MR) is 135 cm³/mol. The fraction of sp³-hybridized carbons (Fsp3) is 0.423. The zero-order chi connectivity index (χ0) is 23.6. The number of nitrogens with zero attached hydrogens (tertiary/aromatic N) is 3. The molecule has 178 valence electrons. The van der Waals surface area contributed by atoms with Crippen LogP contribution in [0.1, 0.15) is 12.8 Å². The van der Waals surface area contributed by atoms with Crippen molar-refractivity contribution in [1.29, 1.82) is 0 Å². The van der Waals surface area contributed by atoms with E-state index in [1.165, 1.54) is 0 Å². The van der Waals surface area contributed by atoms with Crippen LogP contribution in [0.4, 0.5) is 5.69 Å². The summed E-state index contributed by atoms with van der Waals surface area (Å²) in [6.07, 6.45) is 2.03. The highest BCUT2D eigenvalue weighted by Gasteiger charge is 2.10. The molecule has 0 saturated carbocycles. The second kappa shape index (κ2) is 12.3. The third-order valence-electron chi connectivity index (χ3n) is 5.14. The van der Waals surface area contributed by atoms with E-state index in [1.54, 1.807) is 7.11 Å². The lowest BCUT2D eigenvalue weighted by atomic mass is 10.2. The standard InChI is InChI=1S/C26H36N4O3/c1-29(2)15-6-14-27-21-9-11-22(12-10-21)33-26-13-8-20-18-24(31-5)25(19-23(20)28-26)32-17-7-16-30(3)4/h8-13,18-19,27H,6-7,14-17H2,1-5H3. The highest BCUT2D eigenvalue weighted by Crippen LogP contribution is 2.33. The molecule has 0 saturated heterocycles. The molecule has 7 heteroatoms. The first kappa shape index (κ1) is 24.6. The zero-order valence-corrected chi connectivity index (χ0v) is 20.4. The Labute approximate surface area is 197 Å². The molecule has 0 fully saturated rings. The topological polar surface area (TPSA) is 59.1 Å². The molecule has 33 heavy (non-hydrogen) atoms. The smallest absolute Gasteiger partial charge is 0.219 e. The molecular weight excluding hydrogens is 416 g/mol. The summed E-state index contributed by atoms with van der Waals surface area (Å²) >= 11 is 0. The van der Waals surface area contributed by atoms with E-state index in [9.17, 15) is 0 Å². The number of hydrogen-bond donors (Lipinski definition) is 1. The van der Waals surface area contributed by atoms with Gasteiger partial charge in [0.25, 0.3) is 0 Å². The molecule has 1 aromatic heterocycles. The lowest BCUT2D eigenvalue weighted by molar-refractivity contribution is 0.268. The molecule has 0 aliphatic carbocycles.